The molecular formula is C8H10N2O2. The average molecular weight is 166 g/mol. The second-order valence-corrected chi connectivity index (χ2v) is 2.43. The summed E-state index contributed by atoms with van der Waals surface area (Å²) in [5.41, 5.74) is 11.9. The van der Waals surface area contributed by atoms with Crippen LogP contribution >= 0.6 is 0 Å². The SMILES string of the molecule is CC(=O)Oc1cc(N)cc(N)c1. The lowest BCUT2D eigenvalue weighted by Gasteiger charge is -2.03. The summed E-state index contributed by atoms with van der Waals surface area (Å²) >= 11 is 0. The Labute approximate surface area is 70.1 Å². The molecule has 1 rings (SSSR count). The van der Waals surface area contributed by atoms with Gasteiger partial charge in [-0.2, -0.15) is 0 Å². The third-order valence-electron chi connectivity index (χ3n) is 1.21. The molecule has 0 bridgehead atoms. The highest BCUT2D eigenvalue weighted by Crippen LogP contribution is 2.19. The summed E-state index contributed by atoms with van der Waals surface area (Å²) in [4.78, 5) is 10.5. The molecule has 0 saturated carbocycles. The van der Waals surface area contributed by atoms with Crippen molar-refractivity contribution in [1.82, 2.24) is 0 Å². The molecule has 0 heterocycles. The van der Waals surface area contributed by atoms with Crippen molar-refractivity contribution >= 4 is 17.3 Å². The number of nitrogen functional groups attached to an aromatic ring is 2. The van der Waals surface area contributed by atoms with E-state index < -0.39 is 0 Å². The number of benzene rings is 1. The van der Waals surface area contributed by atoms with Crippen LogP contribution < -0.4 is 16.2 Å². The first kappa shape index (κ1) is 8.39. The van der Waals surface area contributed by atoms with Gasteiger partial charge in [-0.15, -0.1) is 0 Å². The highest BCUT2D eigenvalue weighted by molar-refractivity contribution is 5.70. The van der Waals surface area contributed by atoms with Gasteiger partial charge in [0.25, 0.3) is 0 Å². The number of carbonyl (C=O) groups is 1. The fraction of sp³-hybridized carbons (Fsp3) is 0.125. The van der Waals surface area contributed by atoms with E-state index in [1.54, 1.807) is 6.07 Å². The molecule has 0 amide bonds. The van der Waals surface area contributed by atoms with Crippen LogP contribution in [0, 0.1) is 0 Å². The van der Waals surface area contributed by atoms with E-state index in [-0.39, 0.29) is 5.97 Å². The van der Waals surface area contributed by atoms with Crippen molar-refractivity contribution in [2.24, 2.45) is 0 Å². The maximum atomic E-state index is 10.5. The number of carbonyl (C=O) groups excluding carboxylic acids is 1. The molecule has 4 nitrogen and oxygen atoms in total. The molecule has 0 aliphatic carbocycles. The van der Waals surface area contributed by atoms with Crippen molar-refractivity contribution in [3.8, 4) is 5.75 Å². The molecular weight excluding hydrogens is 156 g/mol. The van der Waals surface area contributed by atoms with E-state index in [2.05, 4.69) is 0 Å². The number of esters is 1. The van der Waals surface area contributed by atoms with Gasteiger partial charge < -0.3 is 16.2 Å². The Bertz CT molecular complexity index is 290. The Morgan fingerprint density at radius 3 is 2.17 bits per heavy atom. The minimum Gasteiger partial charge on any atom is -0.427 e. The standard InChI is InChI=1S/C8H10N2O2/c1-5(11)12-8-3-6(9)2-7(10)4-8/h2-4H,9-10H2,1H3. The molecule has 0 saturated heterocycles. The molecule has 0 radical (unpaired) electrons. The van der Waals surface area contributed by atoms with Crippen LogP contribution in [0.2, 0.25) is 0 Å². The molecule has 0 unspecified atom stereocenters. The monoisotopic (exact) mass is 166 g/mol. The maximum Gasteiger partial charge on any atom is 0.308 e. The Kier molecular flexibility index (Phi) is 2.19. The second-order valence-electron chi connectivity index (χ2n) is 2.43. The predicted molar refractivity (Wildman–Crippen MR) is 46.6 cm³/mol. The summed E-state index contributed by atoms with van der Waals surface area (Å²) in [6.07, 6.45) is 0. The molecule has 0 spiro atoms. The van der Waals surface area contributed by atoms with E-state index in [1.807, 2.05) is 0 Å². The molecule has 0 aliphatic rings. The largest absolute Gasteiger partial charge is 0.427 e. The summed E-state index contributed by atoms with van der Waals surface area (Å²) in [5, 5.41) is 0. The van der Waals surface area contributed by atoms with Crippen molar-refractivity contribution in [2.45, 2.75) is 6.92 Å². The smallest absolute Gasteiger partial charge is 0.308 e. The summed E-state index contributed by atoms with van der Waals surface area (Å²) in [6.45, 7) is 1.32. The van der Waals surface area contributed by atoms with Crippen LogP contribution in [-0.2, 0) is 4.79 Å². The quantitative estimate of drug-likeness (QED) is 0.367. The predicted octanol–water partition coefficient (Wildman–Crippen LogP) is 0.776. The van der Waals surface area contributed by atoms with E-state index in [4.69, 9.17) is 16.2 Å². The van der Waals surface area contributed by atoms with Crippen LogP contribution in [0.4, 0.5) is 11.4 Å². The minimum atomic E-state index is -0.389. The Morgan fingerprint density at radius 2 is 1.75 bits per heavy atom. The van der Waals surface area contributed by atoms with Gasteiger partial charge in [0.15, 0.2) is 0 Å². The van der Waals surface area contributed by atoms with Crippen LogP contribution in [-0.4, -0.2) is 5.97 Å². The zero-order valence-electron chi connectivity index (χ0n) is 6.70. The fourth-order valence-electron chi connectivity index (χ4n) is 0.871. The molecule has 12 heavy (non-hydrogen) atoms. The third-order valence-corrected chi connectivity index (χ3v) is 1.21. The van der Waals surface area contributed by atoms with Gasteiger partial charge in [-0.1, -0.05) is 0 Å². The van der Waals surface area contributed by atoms with Gasteiger partial charge in [0.1, 0.15) is 5.75 Å². The van der Waals surface area contributed by atoms with Crippen LogP contribution in [0.5, 0.6) is 5.75 Å². The number of hydrogen-bond donors (Lipinski definition) is 2. The van der Waals surface area contributed by atoms with E-state index in [9.17, 15) is 4.79 Å². The minimum absolute atomic E-state index is 0.375. The topological polar surface area (TPSA) is 78.3 Å². The van der Waals surface area contributed by atoms with Gasteiger partial charge in [-0.05, 0) is 6.07 Å². The number of anilines is 2. The van der Waals surface area contributed by atoms with Gasteiger partial charge in [-0.3, -0.25) is 4.79 Å². The first-order chi connectivity index (χ1) is 5.58. The van der Waals surface area contributed by atoms with Gasteiger partial charge >= 0.3 is 5.97 Å². The third kappa shape index (κ3) is 2.16. The van der Waals surface area contributed by atoms with Crippen molar-refractivity contribution in [3.63, 3.8) is 0 Å². The van der Waals surface area contributed by atoms with Crippen LogP contribution in [0.1, 0.15) is 6.92 Å². The molecule has 4 heteroatoms. The van der Waals surface area contributed by atoms with E-state index in [0.717, 1.165) is 0 Å². The first-order valence-electron chi connectivity index (χ1n) is 3.42. The Balaban J connectivity index is 2.93. The Morgan fingerprint density at radius 1 is 1.25 bits per heavy atom. The van der Waals surface area contributed by atoms with Crippen molar-refractivity contribution in [2.75, 3.05) is 11.5 Å². The average Bonchev–Trinajstić information content (AvgIpc) is 1.81. The van der Waals surface area contributed by atoms with Crippen molar-refractivity contribution in [1.29, 1.82) is 0 Å². The van der Waals surface area contributed by atoms with E-state index in [0.29, 0.717) is 17.1 Å². The van der Waals surface area contributed by atoms with Crippen LogP contribution in [0.15, 0.2) is 18.2 Å². The molecule has 1 aromatic carbocycles. The lowest BCUT2D eigenvalue weighted by atomic mass is 10.3. The zero-order chi connectivity index (χ0) is 9.14. The highest BCUT2D eigenvalue weighted by atomic mass is 16.5. The molecule has 0 aromatic heterocycles. The molecule has 0 atom stereocenters. The van der Waals surface area contributed by atoms with E-state index >= 15 is 0 Å². The summed E-state index contributed by atoms with van der Waals surface area (Å²) < 4.78 is 4.78. The first-order valence-corrected chi connectivity index (χ1v) is 3.42. The highest BCUT2D eigenvalue weighted by Gasteiger charge is 1.99. The van der Waals surface area contributed by atoms with E-state index in [1.165, 1.54) is 19.1 Å². The van der Waals surface area contributed by atoms with Gasteiger partial charge in [0.2, 0.25) is 0 Å². The maximum absolute atomic E-state index is 10.5. The molecule has 1 aromatic rings. The molecule has 0 aliphatic heterocycles. The summed E-state index contributed by atoms with van der Waals surface area (Å²) in [5.74, 6) is -0.0139. The Hall–Kier alpha value is -1.71. The van der Waals surface area contributed by atoms with Gasteiger partial charge in [0, 0.05) is 30.4 Å². The zero-order valence-corrected chi connectivity index (χ0v) is 6.70. The number of hydrogen-bond acceptors (Lipinski definition) is 4. The second kappa shape index (κ2) is 3.13. The molecule has 4 N–H and O–H groups in total. The normalized spacial score (nSPS) is 9.42. The fourth-order valence-corrected chi connectivity index (χ4v) is 0.871. The lowest BCUT2D eigenvalue weighted by Crippen LogP contribution is -2.02. The molecule has 0 fully saturated rings. The van der Waals surface area contributed by atoms with Crippen LogP contribution in [0.25, 0.3) is 0 Å². The van der Waals surface area contributed by atoms with Gasteiger partial charge in [-0.25, -0.2) is 0 Å². The summed E-state index contributed by atoms with van der Waals surface area (Å²) in [6, 6.07) is 4.67. The summed E-state index contributed by atoms with van der Waals surface area (Å²) in [7, 11) is 0. The van der Waals surface area contributed by atoms with Crippen molar-refractivity contribution in [3.05, 3.63) is 18.2 Å². The number of nitrogens with two attached hydrogens (primary N) is 2. The number of ether oxygens (including phenoxy) is 1. The van der Waals surface area contributed by atoms with Crippen molar-refractivity contribution < 1.29 is 9.53 Å². The molecule has 64 valence electrons. The number of rotatable bonds is 1. The van der Waals surface area contributed by atoms with Crippen LogP contribution in [0.3, 0.4) is 0 Å². The lowest BCUT2D eigenvalue weighted by molar-refractivity contribution is -0.131. The van der Waals surface area contributed by atoms with Gasteiger partial charge in [0.05, 0.1) is 0 Å².